The van der Waals surface area contributed by atoms with E-state index in [2.05, 4.69) is 37.9 Å². The van der Waals surface area contributed by atoms with Gasteiger partial charge in [-0.25, -0.2) is 0 Å². The highest BCUT2D eigenvalue weighted by Gasteiger charge is 2.56. The molecule has 3 nitrogen and oxygen atoms in total. The normalized spacial score (nSPS) is 38.4. The zero-order valence-electron chi connectivity index (χ0n) is 13.9. The maximum absolute atomic E-state index is 11.1. The van der Waals surface area contributed by atoms with E-state index in [0.29, 0.717) is 5.92 Å². The Kier molecular flexibility index (Phi) is 5.14. The van der Waals surface area contributed by atoms with Crippen LogP contribution in [0.3, 0.4) is 0 Å². The number of aliphatic hydroxyl groups excluding tert-OH is 1. The van der Waals surface area contributed by atoms with Gasteiger partial charge in [-0.1, -0.05) is 40.5 Å². The van der Waals surface area contributed by atoms with Gasteiger partial charge in [-0.05, 0) is 18.8 Å². The van der Waals surface area contributed by atoms with Crippen LogP contribution in [0.1, 0.15) is 53.4 Å². The predicted octanol–water partition coefficient (Wildman–Crippen LogP) is 2.50. The number of piperidine rings is 2. The summed E-state index contributed by atoms with van der Waals surface area (Å²) in [6, 6.07) is 0. The average Bonchev–Trinajstić information content (AvgIpc) is 2.33. The van der Waals surface area contributed by atoms with Crippen molar-refractivity contribution >= 4 is 0 Å². The van der Waals surface area contributed by atoms with E-state index in [0.717, 1.165) is 51.9 Å². The van der Waals surface area contributed by atoms with Crippen LogP contribution in [0.15, 0.2) is 0 Å². The summed E-state index contributed by atoms with van der Waals surface area (Å²) in [4.78, 5) is 2.64. The van der Waals surface area contributed by atoms with Gasteiger partial charge >= 0.3 is 0 Å². The SMILES string of the molecule is CCCC12CNC[C@@](CCC)(CN(CC(C)C)C1)C2O. The Balaban J connectivity index is 2.26. The van der Waals surface area contributed by atoms with E-state index in [4.69, 9.17) is 0 Å². The quantitative estimate of drug-likeness (QED) is 0.786. The van der Waals surface area contributed by atoms with Crippen molar-refractivity contribution in [3.05, 3.63) is 0 Å². The fourth-order valence-electron chi connectivity index (χ4n) is 4.88. The van der Waals surface area contributed by atoms with Crippen molar-refractivity contribution in [2.24, 2.45) is 16.7 Å². The number of hydrogen-bond donors (Lipinski definition) is 2. The van der Waals surface area contributed by atoms with Crippen LogP contribution in [0, 0.1) is 16.7 Å². The largest absolute Gasteiger partial charge is 0.392 e. The Morgan fingerprint density at radius 2 is 1.60 bits per heavy atom. The van der Waals surface area contributed by atoms with E-state index in [1.165, 1.54) is 6.54 Å². The van der Waals surface area contributed by atoms with Crippen LogP contribution < -0.4 is 5.32 Å². The van der Waals surface area contributed by atoms with Crippen LogP contribution in [0.4, 0.5) is 0 Å². The Hall–Kier alpha value is -0.120. The molecule has 2 heterocycles. The summed E-state index contributed by atoms with van der Waals surface area (Å²) in [6.07, 6.45) is 4.48. The Morgan fingerprint density at radius 1 is 1.10 bits per heavy atom. The number of nitrogens with zero attached hydrogens (tertiary/aromatic N) is 1. The van der Waals surface area contributed by atoms with Gasteiger partial charge in [-0.15, -0.1) is 0 Å². The van der Waals surface area contributed by atoms with E-state index in [1.54, 1.807) is 0 Å². The molecule has 0 aromatic rings. The first-order chi connectivity index (χ1) is 9.48. The number of aliphatic hydroxyl groups is 1. The maximum Gasteiger partial charge on any atom is 0.0701 e. The third kappa shape index (κ3) is 2.90. The molecule has 3 heteroatoms. The van der Waals surface area contributed by atoms with Crippen LogP contribution in [-0.4, -0.2) is 48.8 Å². The second-order valence-corrected chi connectivity index (χ2v) is 7.79. The molecular formula is C17H34N2O. The van der Waals surface area contributed by atoms with Gasteiger partial charge in [0.15, 0.2) is 0 Å². The summed E-state index contributed by atoms with van der Waals surface area (Å²) in [5, 5.41) is 14.8. The minimum absolute atomic E-state index is 0.0787. The Labute approximate surface area is 125 Å². The summed E-state index contributed by atoms with van der Waals surface area (Å²) < 4.78 is 0. The minimum Gasteiger partial charge on any atom is -0.392 e. The summed E-state index contributed by atoms with van der Waals surface area (Å²) in [6.45, 7) is 14.4. The van der Waals surface area contributed by atoms with Crippen molar-refractivity contribution in [1.82, 2.24) is 10.2 Å². The number of rotatable bonds is 6. The highest BCUT2D eigenvalue weighted by molar-refractivity contribution is 5.09. The van der Waals surface area contributed by atoms with Crippen molar-refractivity contribution in [2.45, 2.75) is 59.5 Å². The molecule has 0 amide bonds. The van der Waals surface area contributed by atoms with Gasteiger partial charge in [-0.3, -0.25) is 0 Å². The first-order valence-corrected chi connectivity index (χ1v) is 8.59. The van der Waals surface area contributed by atoms with E-state index < -0.39 is 0 Å². The van der Waals surface area contributed by atoms with E-state index in [-0.39, 0.29) is 16.9 Å². The highest BCUT2D eigenvalue weighted by atomic mass is 16.3. The number of hydrogen-bond acceptors (Lipinski definition) is 3. The lowest BCUT2D eigenvalue weighted by Crippen LogP contribution is -2.71. The third-order valence-electron chi connectivity index (χ3n) is 5.31. The fourth-order valence-corrected chi connectivity index (χ4v) is 4.88. The van der Waals surface area contributed by atoms with Gasteiger partial charge in [0.05, 0.1) is 6.10 Å². The lowest BCUT2D eigenvalue weighted by atomic mass is 9.59. The zero-order chi connectivity index (χ0) is 14.8. The number of likely N-dealkylation sites (tertiary alicyclic amines) is 1. The van der Waals surface area contributed by atoms with Crippen molar-refractivity contribution in [3.63, 3.8) is 0 Å². The first-order valence-electron chi connectivity index (χ1n) is 8.59. The molecule has 2 fully saturated rings. The molecule has 2 saturated heterocycles. The molecule has 2 aliphatic rings. The molecular weight excluding hydrogens is 248 g/mol. The molecule has 2 unspecified atom stereocenters. The van der Waals surface area contributed by atoms with Gasteiger partial charge in [0.2, 0.25) is 0 Å². The smallest absolute Gasteiger partial charge is 0.0701 e. The Morgan fingerprint density at radius 3 is 2.00 bits per heavy atom. The molecule has 0 aliphatic carbocycles. The molecule has 0 aromatic carbocycles. The minimum atomic E-state index is -0.125. The molecule has 20 heavy (non-hydrogen) atoms. The van der Waals surface area contributed by atoms with Crippen molar-refractivity contribution in [1.29, 1.82) is 0 Å². The van der Waals surface area contributed by atoms with Gasteiger partial charge in [0.25, 0.3) is 0 Å². The molecule has 118 valence electrons. The summed E-state index contributed by atoms with van der Waals surface area (Å²) in [5.74, 6) is 0.705. The van der Waals surface area contributed by atoms with E-state index in [9.17, 15) is 5.11 Å². The maximum atomic E-state index is 11.1. The van der Waals surface area contributed by atoms with Crippen LogP contribution in [0.25, 0.3) is 0 Å². The van der Waals surface area contributed by atoms with Crippen molar-refractivity contribution < 1.29 is 5.11 Å². The molecule has 2 rings (SSSR count). The molecule has 2 aliphatic heterocycles. The topological polar surface area (TPSA) is 35.5 Å². The van der Waals surface area contributed by atoms with Crippen molar-refractivity contribution in [2.75, 3.05) is 32.7 Å². The van der Waals surface area contributed by atoms with Gasteiger partial charge in [0, 0.05) is 43.6 Å². The molecule has 0 spiro atoms. The standard InChI is InChI=1S/C17H34N2O/c1-5-7-16-10-18-11-17(8-6-2,15(16)20)13-19(12-16)9-14(3)4/h14-15,18,20H,5-13H2,1-4H3/t15?,16-,17?/m0/s1. The van der Waals surface area contributed by atoms with Gasteiger partial charge in [-0.2, -0.15) is 0 Å². The van der Waals surface area contributed by atoms with Crippen LogP contribution in [0.2, 0.25) is 0 Å². The van der Waals surface area contributed by atoms with Gasteiger partial charge < -0.3 is 15.3 Å². The molecule has 2 N–H and O–H groups in total. The molecule has 2 bridgehead atoms. The third-order valence-corrected chi connectivity index (χ3v) is 5.31. The summed E-state index contributed by atoms with van der Waals surface area (Å²) in [7, 11) is 0. The second-order valence-electron chi connectivity index (χ2n) is 7.79. The summed E-state index contributed by atoms with van der Waals surface area (Å²) >= 11 is 0. The lowest BCUT2D eigenvalue weighted by molar-refractivity contribution is -0.164. The second kappa shape index (κ2) is 6.33. The van der Waals surface area contributed by atoms with Crippen molar-refractivity contribution in [3.8, 4) is 0 Å². The highest BCUT2D eigenvalue weighted by Crippen LogP contribution is 2.48. The molecule has 0 saturated carbocycles. The van der Waals surface area contributed by atoms with Gasteiger partial charge in [0.1, 0.15) is 0 Å². The number of nitrogens with one attached hydrogen (secondary N) is 1. The lowest BCUT2D eigenvalue weighted by Gasteiger charge is -2.60. The fraction of sp³-hybridized carbons (Fsp3) is 1.00. The molecule has 3 atom stereocenters. The molecule has 0 aromatic heterocycles. The Bertz CT molecular complexity index is 288. The van der Waals surface area contributed by atoms with Crippen LogP contribution >= 0.6 is 0 Å². The zero-order valence-corrected chi connectivity index (χ0v) is 13.9. The summed E-state index contributed by atoms with van der Waals surface area (Å²) in [5.41, 5.74) is 0.157. The average molecular weight is 282 g/mol. The van der Waals surface area contributed by atoms with Crippen LogP contribution in [-0.2, 0) is 0 Å². The predicted molar refractivity (Wildman–Crippen MR) is 84.8 cm³/mol. The number of fused-ring (bicyclic) bond motifs is 2. The van der Waals surface area contributed by atoms with Crippen LogP contribution in [0.5, 0.6) is 0 Å². The van der Waals surface area contributed by atoms with E-state index >= 15 is 0 Å². The van der Waals surface area contributed by atoms with E-state index in [1.807, 2.05) is 0 Å². The molecule has 0 radical (unpaired) electrons. The monoisotopic (exact) mass is 282 g/mol. The first kappa shape index (κ1) is 16.3.